The first kappa shape index (κ1) is 15.0. The van der Waals surface area contributed by atoms with Crippen molar-refractivity contribution in [3.05, 3.63) is 87.3 Å². The third-order valence-electron chi connectivity index (χ3n) is 4.39. The molecule has 0 unspecified atom stereocenters. The van der Waals surface area contributed by atoms with Gasteiger partial charge in [0.25, 0.3) is 0 Å². The van der Waals surface area contributed by atoms with Crippen molar-refractivity contribution in [1.29, 1.82) is 5.26 Å². The van der Waals surface area contributed by atoms with Gasteiger partial charge in [-0.05, 0) is 23.3 Å². The van der Waals surface area contributed by atoms with Crippen LogP contribution in [0.15, 0.2) is 69.2 Å². The van der Waals surface area contributed by atoms with Crippen LogP contribution >= 0.6 is 0 Å². The van der Waals surface area contributed by atoms with Crippen molar-refractivity contribution in [3.63, 3.8) is 0 Å². The van der Waals surface area contributed by atoms with Crippen LogP contribution in [0.3, 0.4) is 0 Å². The molecule has 0 saturated heterocycles. The molecule has 3 aromatic rings. The molecule has 25 heavy (non-hydrogen) atoms. The summed E-state index contributed by atoms with van der Waals surface area (Å²) in [6.07, 6.45) is 0. The van der Waals surface area contributed by atoms with Crippen LogP contribution in [0.1, 0.15) is 22.8 Å². The van der Waals surface area contributed by atoms with Gasteiger partial charge in [0.05, 0.1) is 11.5 Å². The Balaban J connectivity index is 2.09. The highest BCUT2D eigenvalue weighted by molar-refractivity contribution is 5.87. The molecule has 0 fully saturated rings. The molecule has 2 heterocycles. The molecule has 4 rings (SSSR count). The van der Waals surface area contributed by atoms with Crippen molar-refractivity contribution in [3.8, 4) is 11.8 Å². The number of fused-ring (bicyclic) bond motifs is 2. The van der Waals surface area contributed by atoms with E-state index in [1.807, 2.05) is 42.5 Å². The van der Waals surface area contributed by atoms with Crippen molar-refractivity contribution in [2.75, 3.05) is 0 Å². The first-order chi connectivity index (χ1) is 12.1. The lowest BCUT2D eigenvalue weighted by molar-refractivity contribution is 0.372. The van der Waals surface area contributed by atoms with Crippen LogP contribution in [-0.4, -0.2) is 0 Å². The third-order valence-corrected chi connectivity index (χ3v) is 4.39. The van der Waals surface area contributed by atoms with Gasteiger partial charge in [0.2, 0.25) is 5.88 Å². The summed E-state index contributed by atoms with van der Waals surface area (Å²) in [4.78, 5) is 12.6. The molecular weight excluding hydrogens is 316 g/mol. The Morgan fingerprint density at radius 2 is 1.92 bits per heavy atom. The lowest BCUT2D eigenvalue weighted by atomic mass is 9.82. The summed E-state index contributed by atoms with van der Waals surface area (Å²) in [7, 11) is 0. The maximum atomic E-state index is 12.6. The first-order valence-electron chi connectivity index (χ1n) is 7.80. The predicted octanol–water partition coefficient (Wildman–Crippen LogP) is 3.32. The number of nitrogens with two attached hydrogens (primary N) is 1. The molecule has 5 nitrogen and oxygen atoms in total. The molecule has 0 aliphatic carbocycles. The second-order valence-corrected chi connectivity index (χ2v) is 5.92. The Bertz CT molecular complexity index is 1130. The van der Waals surface area contributed by atoms with Crippen molar-refractivity contribution in [2.24, 2.45) is 5.73 Å². The molecule has 0 spiro atoms. The fourth-order valence-electron chi connectivity index (χ4n) is 3.33. The van der Waals surface area contributed by atoms with Crippen molar-refractivity contribution in [1.82, 2.24) is 0 Å². The van der Waals surface area contributed by atoms with E-state index in [2.05, 4.69) is 6.07 Å². The number of hydrogen-bond donors (Lipinski definition) is 1. The molecule has 1 aliphatic rings. The minimum atomic E-state index is -0.628. The molecule has 0 saturated carbocycles. The normalized spacial score (nSPS) is 16.2. The van der Waals surface area contributed by atoms with Gasteiger partial charge in [-0.2, -0.15) is 5.26 Å². The smallest absolute Gasteiger partial charge is 0.343 e. The molecule has 0 radical (unpaired) electrons. The van der Waals surface area contributed by atoms with Crippen LogP contribution in [0.4, 0.5) is 0 Å². The van der Waals surface area contributed by atoms with Gasteiger partial charge < -0.3 is 14.9 Å². The number of hydrogen-bond acceptors (Lipinski definition) is 5. The number of ether oxygens (including phenoxy) is 1. The van der Waals surface area contributed by atoms with E-state index in [1.165, 1.54) is 0 Å². The van der Waals surface area contributed by atoms with Crippen LogP contribution < -0.4 is 16.1 Å². The highest BCUT2D eigenvalue weighted by Gasteiger charge is 2.35. The van der Waals surface area contributed by atoms with E-state index in [0.29, 0.717) is 17.1 Å². The third kappa shape index (κ3) is 2.27. The quantitative estimate of drug-likeness (QED) is 0.739. The van der Waals surface area contributed by atoms with E-state index >= 15 is 0 Å². The molecule has 122 valence electrons. The SMILES string of the molecule is Cc1cc2c(c(=O)o1)[C@@H](c1cccc3ccccc13)C(C#N)=C(N)O2. The fraction of sp³-hybridized carbons (Fsp3) is 0.100. The van der Waals surface area contributed by atoms with E-state index < -0.39 is 11.5 Å². The molecule has 1 atom stereocenters. The number of rotatable bonds is 1. The topological polar surface area (TPSA) is 89.2 Å². The number of nitrogens with zero attached hydrogens (tertiary/aromatic N) is 1. The molecule has 1 aliphatic heterocycles. The van der Waals surface area contributed by atoms with Crippen molar-refractivity contribution in [2.45, 2.75) is 12.8 Å². The Labute approximate surface area is 143 Å². The minimum absolute atomic E-state index is 0.0120. The van der Waals surface area contributed by atoms with E-state index in [4.69, 9.17) is 14.9 Å². The minimum Gasteiger partial charge on any atom is -0.440 e. The number of aryl methyl sites for hydroxylation is 1. The Kier molecular flexibility index (Phi) is 3.33. The summed E-state index contributed by atoms with van der Waals surface area (Å²) in [6.45, 7) is 1.66. The lowest BCUT2D eigenvalue weighted by Crippen LogP contribution is -2.26. The van der Waals surface area contributed by atoms with Crippen LogP contribution in [-0.2, 0) is 0 Å². The highest BCUT2D eigenvalue weighted by atomic mass is 16.5. The zero-order valence-electron chi connectivity index (χ0n) is 13.4. The second kappa shape index (κ2) is 5.53. The second-order valence-electron chi connectivity index (χ2n) is 5.92. The Morgan fingerprint density at radius 1 is 1.16 bits per heavy atom. The van der Waals surface area contributed by atoms with Crippen LogP contribution in [0.5, 0.6) is 5.75 Å². The maximum absolute atomic E-state index is 12.6. The number of benzene rings is 2. The zero-order chi connectivity index (χ0) is 17.6. The molecule has 2 N–H and O–H groups in total. The highest BCUT2D eigenvalue weighted by Crippen LogP contribution is 2.42. The van der Waals surface area contributed by atoms with Gasteiger partial charge in [-0.15, -0.1) is 0 Å². The Hall–Kier alpha value is -3.52. The summed E-state index contributed by atoms with van der Waals surface area (Å²) in [5.74, 6) is 0.145. The summed E-state index contributed by atoms with van der Waals surface area (Å²) >= 11 is 0. The summed E-state index contributed by atoms with van der Waals surface area (Å²) in [5.41, 5.74) is 6.78. The number of allylic oxidation sites excluding steroid dienone is 1. The van der Waals surface area contributed by atoms with Crippen molar-refractivity contribution < 1.29 is 9.15 Å². The van der Waals surface area contributed by atoms with Crippen molar-refractivity contribution >= 4 is 10.8 Å². The van der Waals surface area contributed by atoms with Gasteiger partial charge >= 0.3 is 5.63 Å². The molecule has 2 aromatic carbocycles. The number of nitriles is 1. The van der Waals surface area contributed by atoms with Gasteiger partial charge in [-0.3, -0.25) is 0 Å². The van der Waals surface area contributed by atoms with E-state index in [-0.39, 0.29) is 11.5 Å². The standard InChI is InChI=1S/C20H14N2O3/c1-11-9-16-18(20(23)24-11)17(15(10-21)19(22)25-16)14-8-4-6-12-5-2-3-7-13(12)14/h2-9,17H,22H2,1H3/t17-/m0/s1. The Morgan fingerprint density at radius 3 is 2.72 bits per heavy atom. The monoisotopic (exact) mass is 330 g/mol. The summed E-state index contributed by atoms with van der Waals surface area (Å²) in [6, 6.07) is 17.3. The van der Waals surface area contributed by atoms with Gasteiger partial charge in [0.1, 0.15) is 23.2 Å². The summed E-state index contributed by atoms with van der Waals surface area (Å²) < 4.78 is 10.8. The average Bonchev–Trinajstić information content (AvgIpc) is 2.60. The predicted molar refractivity (Wildman–Crippen MR) is 93.0 cm³/mol. The van der Waals surface area contributed by atoms with Gasteiger partial charge in [0, 0.05) is 6.07 Å². The van der Waals surface area contributed by atoms with E-state index in [0.717, 1.165) is 16.3 Å². The fourth-order valence-corrected chi connectivity index (χ4v) is 3.33. The molecule has 0 bridgehead atoms. The summed E-state index contributed by atoms with van der Waals surface area (Å²) in [5, 5.41) is 11.6. The zero-order valence-corrected chi connectivity index (χ0v) is 13.4. The largest absolute Gasteiger partial charge is 0.440 e. The van der Waals surface area contributed by atoms with Crippen LogP contribution in [0, 0.1) is 18.3 Å². The van der Waals surface area contributed by atoms with Crippen LogP contribution in [0.2, 0.25) is 0 Å². The van der Waals surface area contributed by atoms with E-state index in [9.17, 15) is 10.1 Å². The van der Waals surface area contributed by atoms with Gasteiger partial charge in [-0.25, -0.2) is 4.79 Å². The van der Waals surface area contributed by atoms with Crippen LogP contribution in [0.25, 0.3) is 10.8 Å². The van der Waals surface area contributed by atoms with Gasteiger partial charge in [-0.1, -0.05) is 42.5 Å². The first-order valence-corrected chi connectivity index (χ1v) is 7.80. The molecule has 5 heteroatoms. The molecule has 1 aromatic heterocycles. The van der Waals surface area contributed by atoms with Gasteiger partial charge in [0.15, 0.2) is 0 Å². The molecule has 0 amide bonds. The average molecular weight is 330 g/mol. The lowest BCUT2D eigenvalue weighted by Gasteiger charge is -2.26. The maximum Gasteiger partial charge on any atom is 0.343 e. The molecular formula is C20H14N2O3. The van der Waals surface area contributed by atoms with E-state index in [1.54, 1.807) is 13.0 Å².